The maximum Gasteiger partial charge on any atom is 0.481 e. The van der Waals surface area contributed by atoms with E-state index < -0.39 is 19.2 Å². The van der Waals surface area contributed by atoms with Gasteiger partial charge in [0.1, 0.15) is 17.8 Å². The molecule has 1 aliphatic heterocycles. The quantitative estimate of drug-likeness (QED) is 0.140. The van der Waals surface area contributed by atoms with Crippen molar-refractivity contribution in [2.75, 3.05) is 12.4 Å². The number of amides is 2. The van der Waals surface area contributed by atoms with Crippen LogP contribution in [0.25, 0.3) is 11.1 Å². The molecule has 278 valence electrons. The van der Waals surface area contributed by atoms with E-state index in [0.717, 1.165) is 34.5 Å². The molecule has 7 rings (SSSR count). The number of carbonyl (C=O) groups excluding carboxylic acids is 2. The van der Waals surface area contributed by atoms with Crippen LogP contribution < -0.4 is 20.7 Å². The van der Waals surface area contributed by atoms with E-state index in [0.29, 0.717) is 37.0 Å². The Kier molecular flexibility index (Phi) is 11.4. The van der Waals surface area contributed by atoms with Gasteiger partial charge in [0, 0.05) is 12.1 Å². The van der Waals surface area contributed by atoms with Crippen LogP contribution in [0.1, 0.15) is 79.7 Å². The first-order valence-electron chi connectivity index (χ1n) is 19.3. The predicted octanol–water partition coefficient (Wildman–Crippen LogP) is 7.71. The van der Waals surface area contributed by atoms with Crippen LogP contribution >= 0.6 is 0 Å². The summed E-state index contributed by atoms with van der Waals surface area (Å²) < 4.78 is 18.9. The van der Waals surface area contributed by atoms with Crippen molar-refractivity contribution in [3.8, 4) is 16.9 Å². The number of hydrogen-bond donors (Lipinski definition) is 3. The van der Waals surface area contributed by atoms with Crippen molar-refractivity contribution in [1.82, 2.24) is 10.6 Å². The van der Waals surface area contributed by atoms with E-state index in [-0.39, 0.29) is 40.8 Å². The molecule has 0 aromatic heterocycles. The summed E-state index contributed by atoms with van der Waals surface area (Å²) >= 11 is 0. The van der Waals surface area contributed by atoms with E-state index in [9.17, 15) is 9.59 Å². The van der Waals surface area contributed by atoms with Crippen LogP contribution in [0, 0.1) is 29.1 Å². The second kappa shape index (κ2) is 15.7. The van der Waals surface area contributed by atoms with Crippen molar-refractivity contribution in [3.63, 3.8) is 0 Å². The maximum atomic E-state index is 14.3. The van der Waals surface area contributed by atoms with Gasteiger partial charge in [-0.1, -0.05) is 96.1 Å². The smallest absolute Gasteiger partial charge is 0.481 e. The molecule has 3 N–H and O–H groups in total. The summed E-state index contributed by atoms with van der Waals surface area (Å²) in [6.45, 7) is 15.4. The summed E-state index contributed by atoms with van der Waals surface area (Å²) in [4.78, 5) is 28.6. The summed E-state index contributed by atoms with van der Waals surface area (Å²) in [7, 11) is 1.10. The average Bonchev–Trinajstić information content (AvgIpc) is 3.48. The SMILES string of the molecule is COc1ccc(C[C@H](Nc2cccc(-c3ccccc3)c2)C(=O)N[C@@H](CC(C)C)C(=O)N[C@@H](CC(C)C)B2O[C@@H]3C[C@@H]4C[C@@H](C4(C)C)[C@]3(C)O2)cc1. The number of methoxy groups -OCH3 is 1. The van der Waals surface area contributed by atoms with Crippen LogP contribution in [0.5, 0.6) is 5.75 Å². The standard InChI is InChI=1S/C43H58BN3O5/c1-27(2)21-35(41(49)47-39(22-28(3)4)44-51-38-26-32-25-37(42(32,5)6)43(38,7)52-44)46-40(48)36(23-29-17-19-34(50-8)20-18-29)45-33-16-12-15-31(24-33)30-13-10-9-11-14-30/h9-20,24,27-28,32,35-39,45H,21-23,25-26H2,1-8H3,(H,46,48)(H,47,49)/t32-,35-,36-,37-,38+,39-,43-/m0/s1. The first-order chi connectivity index (χ1) is 24.8. The highest BCUT2D eigenvalue weighted by Gasteiger charge is 2.68. The molecule has 2 amide bonds. The van der Waals surface area contributed by atoms with E-state index in [2.05, 4.69) is 88.7 Å². The molecule has 4 aliphatic rings. The van der Waals surface area contributed by atoms with Crippen LogP contribution in [0.4, 0.5) is 5.69 Å². The van der Waals surface area contributed by atoms with Gasteiger partial charge in [0.15, 0.2) is 0 Å². The van der Waals surface area contributed by atoms with Crippen molar-refractivity contribution in [2.24, 2.45) is 29.1 Å². The molecule has 3 aromatic rings. The second-order valence-corrected chi connectivity index (χ2v) is 17.0. The lowest BCUT2D eigenvalue weighted by Gasteiger charge is -2.64. The Hall–Kier alpha value is -3.82. The van der Waals surface area contributed by atoms with Crippen molar-refractivity contribution in [2.45, 2.75) is 110 Å². The summed E-state index contributed by atoms with van der Waals surface area (Å²) in [6.07, 6.45) is 3.80. The summed E-state index contributed by atoms with van der Waals surface area (Å²) in [6, 6.07) is 24.6. The fraction of sp³-hybridized carbons (Fsp3) is 0.535. The largest absolute Gasteiger partial charge is 0.497 e. The fourth-order valence-corrected chi connectivity index (χ4v) is 8.90. The molecule has 3 aromatic carbocycles. The molecule has 1 saturated heterocycles. The third-order valence-electron chi connectivity index (χ3n) is 11.9. The van der Waals surface area contributed by atoms with Crippen molar-refractivity contribution < 1.29 is 23.6 Å². The van der Waals surface area contributed by atoms with Crippen molar-refractivity contribution in [3.05, 3.63) is 84.4 Å². The summed E-state index contributed by atoms with van der Waals surface area (Å²) in [5.41, 5.74) is 3.80. The number of ether oxygens (including phenoxy) is 1. The first-order valence-corrected chi connectivity index (χ1v) is 19.3. The minimum atomic E-state index is -0.732. The third kappa shape index (κ3) is 8.21. The molecule has 0 spiro atoms. The highest BCUT2D eigenvalue weighted by atomic mass is 16.7. The van der Waals surface area contributed by atoms with E-state index >= 15 is 0 Å². The van der Waals surface area contributed by atoms with Gasteiger partial charge in [-0.2, -0.15) is 0 Å². The van der Waals surface area contributed by atoms with E-state index in [1.807, 2.05) is 54.6 Å². The van der Waals surface area contributed by atoms with Gasteiger partial charge in [-0.05, 0) is 103 Å². The second-order valence-electron chi connectivity index (χ2n) is 17.0. The Balaban J connectivity index is 1.21. The number of benzene rings is 3. The molecule has 3 saturated carbocycles. The van der Waals surface area contributed by atoms with Crippen LogP contribution in [0.2, 0.25) is 0 Å². The molecule has 0 unspecified atom stereocenters. The molecular weight excluding hydrogens is 649 g/mol. The van der Waals surface area contributed by atoms with Gasteiger partial charge >= 0.3 is 7.12 Å². The van der Waals surface area contributed by atoms with Crippen LogP contribution in [0.15, 0.2) is 78.9 Å². The zero-order valence-electron chi connectivity index (χ0n) is 32.3. The van der Waals surface area contributed by atoms with Crippen LogP contribution in [0.3, 0.4) is 0 Å². The zero-order chi connectivity index (χ0) is 37.2. The first kappa shape index (κ1) is 37.9. The number of carbonyl (C=O) groups is 2. The Bertz CT molecular complexity index is 1680. The molecular formula is C43H58BN3O5. The normalized spacial score (nSPS) is 24.7. The lowest BCUT2D eigenvalue weighted by molar-refractivity contribution is -0.199. The molecule has 9 heteroatoms. The van der Waals surface area contributed by atoms with E-state index in [1.54, 1.807) is 7.11 Å². The number of anilines is 1. The third-order valence-corrected chi connectivity index (χ3v) is 11.9. The molecule has 52 heavy (non-hydrogen) atoms. The summed E-state index contributed by atoms with van der Waals surface area (Å²) in [5.74, 6) is 1.51. The number of rotatable bonds is 15. The minimum Gasteiger partial charge on any atom is -0.497 e. The zero-order valence-corrected chi connectivity index (χ0v) is 32.3. The maximum absolute atomic E-state index is 14.3. The number of nitrogens with one attached hydrogen (secondary N) is 3. The molecule has 2 bridgehead atoms. The van der Waals surface area contributed by atoms with Gasteiger partial charge < -0.3 is 30.0 Å². The van der Waals surface area contributed by atoms with Gasteiger partial charge in [0.05, 0.1) is 24.8 Å². The van der Waals surface area contributed by atoms with Gasteiger partial charge in [0.2, 0.25) is 11.8 Å². The molecule has 1 heterocycles. The fourth-order valence-electron chi connectivity index (χ4n) is 8.90. The Morgan fingerprint density at radius 2 is 1.50 bits per heavy atom. The van der Waals surface area contributed by atoms with Crippen molar-refractivity contribution in [1.29, 1.82) is 0 Å². The van der Waals surface area contributed by atoms with Gasteiger partial charge in [-0.15, -0.1) is 0 Å². The van der Waals surface area contributed by atoms with Crippen LogP contribution in [-0.2, 0) is 25.3 Å². The molecule has 3 aliphatic carbocycles. The predicted molar refractivity (Wildman–Crippen MR) is 209 cm³/mol. The van der Waals surface area contributed by atoms with Gasteiger partial charge in [-0.25, -0.2) is 0 Å². The average molecular weight is 708 g/mol. The molecule has 8 nitrogen and oxygen atoms in total. The lowest BCUT2D eigenvalue weighted by atomic mass is 9.43. The van der Waals surface area contributed by atoms with Gasteiger partial charge in [0.25, 0.3) is 0 Å². The molecule has 0 radical (unpaired) electrons. The Morgan fingerprint density at radius 1 is 0.827 bits per heavy atom. The van der Waals surface area contributed by atoms with Gasteiger partial charge in [-0.3, -0.25) is 9.59 Å². The minimum absolute atomic E-state index is 0.0252. The van der Waals surface area contributed by atoms with E-state index in [1.165, 1.54) is 6.42 Å². The van der Waals surface area contributed by atoms with Crippen LogP contribution in [-0.4, -0.2) is 55.8 Å². The molecule has 7 atom stereocenters. The van der Waals surface area contributed by atoms with Crippen molar-refractivity contribution >= 4 is 24.6 Å². The topological polar surface area (TPSA) is 97.9 Å². The highest BCUT2D eigenvalue weighted by molar-refractivity contribution is 6.48. The molecule has 4 fully saturated rings. The lowest BCUT2D eigenvalue weighted by Crippen LogP contribution is -2.65. The Morgan fingerprint density at radius 3 is 2.15 bits per heavy atom. The number of hydrogen-bond acceptors (Lipinski definition) is 6. The Labute approximate surface area is 311 Å². The van der Waals surface area contributed by atoms with E-state index in [4.69, 9.17) is 14.0 Å². The highest BCUT2D eigenvalue weighted by Crippen LogP contribution is 2.65. The summed E-state index contributed by atoms with van der Waals surface area (Å²) in [5, 5.41) is 9.99. The monoisotopic (exact) mass is 707 g/mol.